The highest BCUT2D eigenvalue weighted by molar-refractivity contribution is 7.87. The predicted octanol–water partition coefficient (Wildman–Crippen LogP) is 0.227. The Morgan fingerprint density at radius 3 is 2.50 bits per heavy atom. The maximum atomic E-state index is 11.5. The number of aliphatic hydroxyl groups excluding tert-OH is 1. The zero-order valence-corrected chi connectivity index (χ0v) is 10.8. The molecule has 96 valence electrons. The lowest BCUT2D eigenvalue weighted by atomic mass is 10.1. The Morgan fingerprint density at radius 1 is 1.31 bits per heavy atom. The molecule has 0 aromatic carbocycles. The average Bonchev–Trinajstić information content (AvgIpc) is 2.59. The van der Waals surface area contributed by atoms with Crippen molar-refractivity contribution in [1.82, 2.24) is 9.44 Å². The zero-order chi connectivity index (χ0) is 12.2. The number of hydrogen-bond acceptors (Lipinski definition) is 3. The van der Waals surface area contributed by atoms with Crippen LogP contribution in [0.5, 0.6) is 0 Å². The van der Waals surface area contributed by atoms with E-state index in [2.05, 4.69) is 9.44 Å². The Bertz CT molecular complexity index is 303. The number of hydrogen-bond donors (Lipinski definition) is 3. The molecule has 1 saturated carbocycles. The van der Waals surface area contributed by atoms with Gasteiger partial charge in [0.2, 0.25) is 0 Å². The van der Waals surface area contributed by atoms with Gasteiger partial charge < -0.3 is 5.11 Å². The van der Waals surface area contributed by atoms with Crippen LogP contribution < -0.4 is 9.44 Å². The van der Waals surface area contributed by atoms with E-state index in [9.17, 15) is 13.5 Å². The van der Waals surface area contributed by atoms with Crippen molar-refractivity contribution in [2.75, 3.05) is 13.1 Å². The Morgan fingerprint density at radius 2 is 2.00 bits per heavy atom. The van der Waals surface area contributed by atoms with Crippen LogP contribution in [0.25, 0.3) is 0 Å². The minimum Gasteiger partial charge on any atom is -0.393 e. The van der Waals surface area contributed by atoms with E-state index in [1.165, 1.54) is 0 Å². The fourth-order valence-corrected chi connectivity index (χ4v) is 2.90. The van der Waals surface area contributed by atoms with E-state index in [0.29, 0.717) is 25.4 Å². The van der Waals surface area contributed by atoms with Crippen LogP contribution in [-0.2, 0) is 10.2 Å². The Balaban J connectivity index is 2.25. The molecule has 0 saturated heterocycles. The Labute approximate surface area is 97.8 Å². The van der Waals surface area contributed by atoms with Gasteiger partial charge >= 0.3 is 0 Å². The first-order valence-corrected chi connectivity index (χ1v) is 7.29. The second-order valence-corrected chi connectivity index (χ2v) is 6.51. The van der Waals surface area contributed by atoms with Gasteiger partial charge in [-0.3, -0.25) is 0 Å². The van der Waals surface area contributed by atoms with Gasteiger partial charge in [-0.25, -0.2) is 9.44 Å². The number of aliphatic hydroxyl groups is 1. The lowest BCUT2D eigenvalue weighted by Gasteiger charge is -2.13. The molecule has 5 nitrogen and oxygen atoms in total. The summed E-state index contributed by atoms with van der Waals surface area (Å²) in [5.74, 6) is 0.565. The quantitative estimate of drug-likeness (QED) is 0.631. The molecule has 6 heteroatoms. The van der Waals surface area contributed by atoms with Crippen molar-refractivity contribution in [2.24, 2.45) is 11.8 Å². The molecule has 0 radical (unpaired) electrons. The van der Waals surface area contributed by atoms with Crippen molar-refractivity contribution in [1.29, 1.82) is 0 Å². The van der Waals surface area contributed by atoms with Crippen molar-refractivity contribution in [3.8, 4) is 0 Å². The summed E-state index contributed by atoms with van der Waals surface area (Å²) >= 11 is 0. The van der Waals surface area contributed by atoms with Gasteiger partial charge in [-0.1, -0.05) is 13.8 Å². The number of rotatable bonds is 6. The highest BCUT2D eigenvalue weighted by Crippen LogP contribution is 2.24. The van der Waals surface area contributed by atoms with Gasteiger partial charge in [-0.15, -0.1) is 0 Å². The fraction of sp³-hybridized carbons (Fsp3) is 1.00. The summed E-state index contributed by atoms with van der Waals surface area (Å²) in [6.07, 6.45) is 2.13. The van der Waals surface area contributed by atoms with Crippen LogP contribution in [0.1, 0.15) is 33.1 Å². The van der Waals surface area contributed by atoms with Crippen molar-refractivity contribution in [3.63, 3.8) is 0 Å². The van der Waals surface area contributed by atoms with Crippen LogP contribution in [0.2, 0.25) is 0 Å². The first-order valence-electron chi connectivity index (χ1n) is 5.81. The topological polar surface area (TPSA) is 78.4 Å². The van der Waals surface area contributed by atoms with Gasteiger partial charge in [0.15, 0.2) is 0 Å². The molecule has 0 aliphatic heterocycles. The fourth-order valence-electron chi connectivity index (χ4n) is 1.79. The molecule has 2 unspecified atom stereocenters. The van der Waals surface area contributed by atoms with E-state index in [1.54, 1.807) is 0 Å². The van der Waals surface area contributed by atoms with Crippen molar-refractivity contribution in [2.45, 2.75) is 39.2 Å². The van der Waals surface area contributed by atoms with Gasteiger partial charge in [0.25, 0.3) is 10.2 Å². The predicted molar refractivity (Wildman–Crippen MR) is 63.1 cm³/mol. The second kappa shape index (κ2) is 5.95. The molecular weight excluding hydrogens is 228 g/mol. The minimum atomic E-state index is -3.36. The molecule has 1 rings (SSSR count). The summed E-state index contributed by atoms with van der Waals surface area (Å²) in [6, 6.07) is 0. The summed E-state index contributed by atoms with van der Waals surface area (Å²) in [5, 5.41) is 9.31. The largest absolute Gasteiger partial charge is 0.393 e. The van der Waals surface area contributed by atoms with Crippen LogP contribution in [0.3, 0.4) is 0 Å². The summed E-state index contributed by atoms with van der Waals surface area (Å²) in [5.41, 5.74) is 0. The van der Waals surface area contributed by atoms with E-state index in [1.807, 2.05) is 13.8 Å². The summed E-state index contributed by atoms with van der Waals surface area (Å²) < 4.78 is 28.0. The minimum absolute atomic E-state index is 0.252. The van der Waals surface area contributed by atoms with Gasteiger partial charge in [0, 0.05) is 13.1 Å². The third kappa shape index (κ3) is 5.25. The maximum Gasteiger partial charge on any atom is 0.276 e. The van der Waals surface area contributed by atoms with E-state index >= 15 is 0 Å². The summed E-state index contributed by atoms with van der Waals surface area (Å²) in [4.78, 5) is 0. The van der Waals surface area contributed by atoms with Crippen LogP contribution in [0.15, 0.2) is 0 Å². The third-order valence-electron chi connectivity index (χ3n) is 2.76. The lowest BCUT2D eigenvalue weighted by Crippen LogP contribution is -2.40. The maximum absolute atomic E-state index is 11.5. The van der Waals surface area contributed by atoms with Gasteiger partial charge in [-0.05, 0) is 31.1 Å². The van der Waals surface area contributed by atoms with Crippen LogP contribution >= 0.6 is 0 Å². The molecule has 0 spiro atoms. The summed E-state index contributed by atoms with van der Waals surface area (Å²) in [7, 11) is -3.36. The second-order valence-electron chi connectivity index (χ2n) is 4.93. The van der Waals surface area contributed by atoms with Crippen molar-refractivity contribution in [3.05, 3.63) is 0 Å². The molecule has 2 atom stereocenters. The summed E-state index contributed by atoms with van der Waals surface area (Å²) in [6.45, 7) is 4.78. The molecule has 0 aromatic heterocycles. The van der Waals surface area contributed by atoms with E-state index in [4.69, 9.17) is 0 Å². The molecule has 3 N–H and O–H groups in total. The van der Waals surface area contributed by atoms with Crippen molar-refractivity contribution < 1.29 is 13.5 Å². The van der Waals surface area contributed by atoms with Crippen molar-refractivity contribution >= 4 is 10.2 Å². The first-order chi connectivity index (χ1) is 7.39. The first kappa shape index (κ1) is 13.9. The Kier molecular flexibility index (Phi) is 5.17. The highest BCUT2D eigenvalue weighted by atomic mass is 32.2. The smallest absolute Gasteiger partial charge is 0.276 e. The van der Waals surface area contributed by atoms with Gasteiger partial charge in [-0.2, -0.15) is 8.42 Å². The molecule has 16 heavy (non-hydrogen) atoms. The molecule has 1 aliphatic rings. The molecular formula is C10H22N2O3S. The normalized spacial score (nSPS) is 26.5. The molecule has 0 heterocycles. The third-order valence-corrected chi connectivity index (χ3v) is 3.85. The van der Waals surface area contributed by atoms with Gasteiger partial charge in [0.05, 0.1) is 6.10 Å². The van der Waals surface area contributed by atoms with E-state index in [-0.39, 0.29) is 12.0 Å². The standard InChI is InChI=1S/C10H22N2O3S/c1-8(2)6-11-16(14,15)12-7-9-3-4-10(13)5-9/h8-13H,3-7H2,1-2H3. The molecule has 0 bridgehead atoms. The van der Waals surface area contributed by atoms with Gasteiger partial charge in [0.1, 0.15) is 0 Å². The zero-order valence-electron chi connectivity index (χ0n) is 9.94. The molecule has 1 fully saturated rings. The SMILES string of the molecule is CC(C)CNS(=O)(=O)NCC1CCC(O)C1. The van der Waals surface area contributed by atoms with Crippen LogP contribution in [0, 0.1) is 11.8 Å². The molecule has 0 aromatic rings. The van der Waals surface area contributed by atoms with Crippen LogP contribution in [-0.4, -0.2) is 32.7 Å². The number of nitrogens with one attached hydrogen (secondary N) is 2. The highest BCUT2D eigenvalue weighted by Gasteiger charge is 2.23. The Hall–Kier alpha value is -0.170. The molecule has 1 aliphatic carbocycles. The average molecular weight is 250 g/mol. The van der Waals surface area contributed by atoms with E-state index in [0.717, 1.165) is 12.8 Å². The molecule has 0 amide bonds. The van der Waals surface area contributed by atoms with E-state index < -0.39 is 10.2 Å². The monoisotopic (exact) mass is 250 g/mol. The van der Waals surface area contributed by atoms with Crippen LogP contribution in [0.4, 0.5) is 0 Å². The lowest BCUT2D eigenvalue weighted by molar-refractivity contribution is 0.178.